The van der Waals surface area contributed by atoms with Crippen molar-refractivity contribution in [1.82, 2.24) is 0 Å². The topological polar surface area (TPSA) is 9.23 Å². The normalized spacial score (nSPS) is 10.8. The van der Waals surface area contributed by atoms with Crippen LogP contribution >= 0.6 is 0 Å². The summed E-state index contributed by atoms with van der Waals surface area (Å²) in [6.07, 6.45) is 15.3. The maximum absolute atomic E-state index is 4.77. The molecule has 0 atom stereocenters. The number of rotatable bonds is 12. The summed E-state index contributed by atoms with van der Waals surface area (Å²) >= 11 is 0. The minimum absolute atomic E-state index is 0.830. The lowest BCUT2D eigenvalue weighted by atomic mass is 10.1. The van der Waals surface area contributed by atoms with Crippen molar-refractivity contribution in [3.8, 4) is 0 Å². The minimum Gasteiger partial charge on any atom is -0.379 e. The van der Waals surface area contributed by atoms with Crippen LogP contribution in [0.3, 0.4) is 0 Å². The number of ether oxygens (including phenoxy) is 1. The van der Waals surface area contributed by atoms with Gasteiger partial charge in [0.1, 0.15) is 0 Å². The predicted octanol–water partition coefficient (Wildman–Crippen LogP) is 5.11. The third kappa shape index (κ3) is 14.0. The summed E-state index contributed by atoms with van der Waals surface area (Å²) in [5, 5.41) is 0. The second kappa shape index (κ2) is 14.0. The summed E-state index contributed by atoms with van der Waals surface area (Å²) in [7, 11) is 3.37. The first kappa shape index (κ1) is 15.0. The van der Waals surface area contributed by atoms with Gasteiger partial charge >= 0.3 is 0 Å². The number of hydrogen-bond acceptors (Lipinski definition) is 1. The quantitative estimate of drug-likeness (QED) is 0.409. The zero-order valence-electron chi connectivity index (χ0n) is 10.6. The Bertz CT molecular complexity index is 89.5. The zero-order chi connectivity index (χ0) is 11.2. The smallest absolute Gasteiger partial charge is 0.0700 e. The van der Waals surface area contributed by atoms with Crippen molar-refractivity contribution in [1.29, 1.82) is 0 Å². The number of unbranched alkanes of at least 4 members (excludes halogenated alkanes) is 10. The van der Waals surface area contributed by atoms with Crippen molar-refractivity contribution in [2.24, 2.45) is 0 Å². The fourth-order valence-electron chi connectivity index (χ4n) is 1.87. The fraction of sp³-hybridized carbons (Fsp3) is 0.929. The van der Waals surface area contributed by atoms with E-state index < -0.39 is 0 Å². The molecule has 0 aliphatic rings. The fourth-order valence-corrected chi connectivity index (χ4v) is 1.87. The largest absolute Gasteiger partial charge is 0.379 e. The highest BCUT2D eigenvalue weighted by molar-refractivity contribution is 4.47. The van der Waals surface area contributed by atoms with E-state index in [2.05, 4.69) is 14.0 Å². The molecule has 0 rings (SSSR count). The summed E-state index contributed by atoms with van der Waals surface area (Å²) in [5.41, 5.74) is 0. The van der Waals surface area contributed by atoms with Crippen molar-refractivity contribution in [2.45, 2.75) is 77.6 Å². The average Bonchev–Trinajstić information content (AvgIpc) is 2.26. The summed E-state index contributed by atoms with van der Waals surface area (Å²) in [6.45, 7) is 3.10. The van der Waals surface area contributed by atoms with Crippen molar-refractivity contribution >= 4 is 0 Å². The summed E-state index contributed by atoms with van der Waals surface area (Å²) in [6, 6.07) is 0. The van der Waals surface area contributed by atoms with Crippen molar-refractivity contribution in [3.63, 3.8) is 0 Å². The number of hydrogen-bond donors (Lipinski definition) is 0. The molecule has 0 aromatic rings. The van der Waals surface area contributed by atoms with Crippen LogP contribution in [0, 0.1) is 7.11 Å². The van der Waals surface area contributed by atoms with Gasteiger partial charge in [-0.05, 0) is 6.42 Å². The Hall–Kier alpha value is -0.0400. The van der Waals surface area contributed by atoms with Gasteiger partial charge in [-0.2, -0.15) is 0 Å². The Kier molecular flexibility index (Phi) is 13.9. The standard InChI is InChI=1S/C14H29O/c1-3-4-5-6-7-8-9-10-11-12-13-14-15-2/h2-14H2,1H3. The molecule has 15 heavy (non-hydrogen) atoms. The molecule has 91 valence electrons. The first-order chi connectivity index (χ1) is 7.41. The van der Waals surface area contributed by atoms with E-state index in [-0.39, 0.29) is 0 Å². The van der Waals surface area contributed by atoms with Gasteiger partial charge in [-0.15, -0.1) is 0 Å². The van der Waals surface area contributed by atoms with E-state index in [1.54, 1.807) is 0 Å². The van der Waals surface area contributed by atoms with Gasteiger partial charge < -0.3 is 4.74 Å². The van der Waals surface area contributed by atoms with Gasteiger partial charge in [0.2, 0.25) is 0 Å². The van der Waals surface area contributed by atoms with E-state index in [1.165, 1.54) is 70.6 Å². The molecule has 0 heterocycles. The van der Waals surface area contributed by atoms with Crippen LogP contribution in [0.4, 0.5) is 0 Å². The molecular weight excluding hydrogens is 184 g/mol. The van der Waals surface area contributed by atoms with E-state index in [0.29, 0.717) is 0 Å². The van der Waals surface area contributed by atoms with Crippen LogP contribution < -0.4 is 0 Å². The van der Waals surface area contributed by atoms with Crippen LogP contribution in [0.15, 0.2) is 0 Å². The molecule has 1 heteroatoms. The van der Waals surface area contributed by atoms with Crippen molar-refractivity contribution in [3.05, 3.63) is 7.11 Å². The Morgan fingerprint density at radius 1 is 0.667 bits per heavy atom. The highest BCUT2D eigenvalue weighted by Gasteiger charge is 1.92. The van der Waals surface area contributed by atoms with E-state index in [1.807, 2.05) is 0 Å². The van der Waals surface area contributed by atoms with Gasteiger partial charge in [0, 0.05) is 6.61 Å². The van der Waals surface area contributed by atoms with Gasteiger partial charge in [-0.3, -0.25) is 0 Å². The molecule has 0 fully saturated rings. The highest BCUT2D eigenvalue weighted by Crippen LogP contribution is 2.11. The maximum atomic E-state index is 4.77. The molecular formula is C14H29O. The monoisotopic (exact) mass is 213 g/mol. The molecule has 0 spiro atoms. The van der Waals surface area contributed by atoms with Crippen LogP contribution in [-0.4, -0.2) is 6.61 Å². The molecule has 0 bridgehead atoms. The Morgan fingerprint density at radius 3 is 1.47 bits per heavy atom. The van der Waals surface area contributed by atoms with E-state index >= 15 is 0 Å². The SMILES string of the molecule is [CH2]OCCCCCCCCCCCCC. The Morgan fingerprint density at radius 2 is 1.07 bits per heavy atom. The molecule has 0 aromatic heterocycles. The first-order valence-corrected chi connectivity index (χ1v) is 6.78. The van der Waals surface area contributed by atoms with Crippen LogP contribution in [0.5, 0.6) is 0 Å². The summed E-state index contributed by atoms with van der Waals surface area (Å²) < 4.78 is 4.77. The van der Waals surface area contributed by atoms with Crippen molar-refractivity contribution < 1.29 is 4.74 Å². The molecule has 0 aliphatic carbocycles. The summed E-state index contributed by atoms with van der Waals surface area (Å²) in [4.78, 5) is 0. The molecule has 0 amide bonds. The molecule has 0 unspecified atom stereocenters. The van der Waals surface area contributed by atoms with E-state index in [9.17, 15) is 0 Å². The van der Waals surface area contributed by atoms with Crippen LogP contribution in [0.1, 0.15) is 77.6 Å². The van der Waals surface area contributed by atoms with Gasteiger partial charge in [0.05, 0.1) is 7.11 Å². The molecule has 1 nitrogen and oxygen atoms in total. The highest BCUT2D eigenvalue weighted by atomic mass is 16.5. The van der Waals surface area contributed by atoms with Crippen LogP contribution in [0.25, 0.3) is 0 Å². The Labute approximate surface area is 96.6 Å². The minimum atomic E-state index is 0.830. The zero-order valence-corrected chi connectivity index (χ0v) is 10.6. The molecule has 0 saturated carbocycles. The van der Waals surface area contributed by atoms with Gasteiger partial charge in [-0.1, -0.05) is 71.1 Å². The first-order valence-electron chi connectivity index (χ1n) is 6.78. The van der Waals surface area contributed by atoms with Crippen LogP contribution in [0.2, 0.25) is 0 Å². The van der Waals surface area contributed by atoms with Crippen LogP contribution in [-0.2, 0) is 4.74 Å². The predicted molar refractivity (Wildman–Crippen MR) is 67.8 cm³/mol. The van der Waals surface area contributed by atoms with Gasteiger partial charge in [0.15, 0.2) is 0 Å². The van der Waals surface area contributed by atoms with E-state index in [0.717, 1.165) is 6.61 Å². The third-order valence-electron chi connectivity index (χ3n) is 2.89. The second-order valence-electron chi connectivity index (χ2n) is 4.44. The second-order valence-corrected chi connectivity index (χ2v) is 4.44. The Balaban J connectivity index is 2.81. The molecule has 0 aromatic carbocycles. The maximum Gasteiger partial charge on any atom is 0.0700 e. The van der Waals surface area contributed by atoms with Crippen molar-refractivity contribution in [2.75, 3.05) is 6.61 Å². The van der Waals surface area contributed by atoms with Gasteiger partial charge in [0.25, 0.3) is 0 Å². The van der Waals surface area contributed by atoms with E-state index in [4.69, 9.17) is 4.74 Å². The lowest BCUT2D eigenvalue weighted by molar-refractivity contribution is 0.233. The average molecular weight is 213 g/mol. The third-order valence-corrected chi connectivity index (χ3v) is 2.89. The summed E-state index contributed by atoms with van der Waals surface area (Å²) in [5.74, 6) is 0. The molecule has 0 N–H and O–H groups in total. The molecule has 0 aliphatic heterocycles. The molecule has 1 radical (unpaired) electrons. The lowest BCUT2D eigenvalue weighted by Crippen LogP contribution is -1.87. The van der Waals surface area contributed by atoms with Gasteiger partial charge in [-0.25, -0.2) is 0 Å². The molecule has 0 saturated heterocycles. The lowest BCUT2D eigenvalue weighted by Gasteiger charge is -2.02.